The molecule has 52 heavy (non-hydrogen) atoms. The first-order valence-corrected chi connectivity index (χ1v) is 18.8. The zero-order valence-corrected chi connectivity index (χ0v) is 30.5. The normalized spacial score (nSPS) is 14.3. The van der Waals surface area contributed by atoms with E-state index in [2.05, 4.69) is 46.3 Å². The van der Waals surface area contributed by atoms with Crippen molar-refractivity contribution in [3.63, 3.8) is 0 Å². The second-order valence-electron chi connectivity index (χ2n) is 12.3. The van der Waals surface area contributed by atoms with Crippen LogP contribution >= 0.6 is 23.1 Å². The summed E-state index contributed by atoms with van der Waals surface area (Å²) >= 11 is 2.90. The third-order valence-electron chi connectivity index (χ3n) is 8.89. The number of para-hydroxylation sites is 1. The smallest absolute Gasteiger partial charge is 0.272 e. The number of nitrogens with zero attached hydrogens (tertiary/aromatic N) is 1. The summed E-state index contributed by atoms with van der Waals surface area (Å²) in [6.45, 7) is 1.95. The van der Waals surface area contributed by atoms with E-state index in [0.29, 0.717) is 45.5 Å². The average molecular weight is 727 g/mol. The van der Waals surface area contributed by atoms with Crippen molar-refractivity contribution < 1.29 is 19.1 Å². The monoisotopic (exact) mass is 726 g/mol. The molecule has 3 amide bonds. The van der Waals surface area contributed by atoms with Crippen LogP contribution in [0, 0.1) is 11.3 Å². The summed E-state index contributed by atoms with van der Waals surface area (Å²) in [4.78, 5) is 42.4. The first kappa shape index (κ1) is 36.2. The zero-order chi connectivity index (χ0) is 36.5. The van der Waals surface area contributed by atoms with Crippen LogP contribution in [0.1, 0.15) is 63.2 Å². The van der Waals surface area contributed by atoms with Gasteiger partial charge in [-0.2, -0.15) is 5.26 Å². The van der Waals surface area contributed by atoms with Crippen LogP contribution in [0.25, 0.3) is 6.08 Å². The number of thioether (sulfide) groups is 1. The van der Waals surface area contributed by atoms with Gasteiger partial charge in [0.2, 0.25) is 5.91 Å². The summed E-state index contributed by atoms with van der Waals surface area (Å²) in [7, 11) is 1.54. The van der Waals surface area contributed by atoms with Gasteiger partial charge in [-0.15, -0.1) is 23.1 Å². The largest absolute Gasteiger partial charge is 0.496 e. The molecule has 0 saturated heterocycles. The van der Waals surface area contributed by atoms with Crippen LogP contribution in [-0.4, -0.2) is 30.1 Å². The van der Waals surface area contributed by atoms with Crippen LogP contribution in [-0.2, 0) is 22.4 Å². The molecule has 8 nitrogen and oxygen atoms in total. The van der Waals surface area contributed by atoms with E-state index in [1.807, 2.05) is 37.3 Å². The van der Waals surface area contributed by atoms with Gasteiger partial charge < -0.3 is 20.7 Å². The summed E-state index contributed by atoms with van der Waals surface area (Å²) in [6, 6.07) is 35.9. The summed E-state index contributed by atoms with van der Waals surface area (Å²) in [6.07, 6.45) is 4.75. The molecule has 6 rings (SSSR count). The molecule has 1 aliphatic rings. The highest BCUT2D eigenvalue weighted by Crippen LogP contribution is 2.42. The van der Waals surface area contributed by atoms with Gasteiger partial charge in [0.05, 0.1) is 17.9 Å². The lowest BCUT2D eigenvalue weighted by molar-refractivity contribution is -0.116. The number of nitrogens with one attached hydrogen (secondary N) is 3. The number of carbonyl (C=O) groups is 3. The molecule has 0 bridgehead atoms. The molecule has 1 aliphatic carbocycles. The number of hydrogen-bond donors (Lipinski definition) is 3. The Morgan fingerprint density at radius 1 is 0.962 bits per heavy atom. The summed E-state index contributed by atoms with van der Waals surface area (Å²) in [5, 5.41) is 19.0. The van der Waals surface area contributed by atoms with E-state index in [0.717, 1.165) is 34.6 Å². The summed E-state index contributed by atoms with van der Waals surface area (Å²) in [5.41, 5.74) is 4.47. The van der Waals surface area contributed by atoms with Crippen molar-refractivity contribution in [1.29, 1.82) is 5.26 Å². The second-order valence-corrected chi connectivity index (χ2v) is 14.7. The van der Waals surface area contributed by atoms with Gasteiger partial charge in [0.1, 0.15) is 22.5 Å². The maximum atomic E-state index is 13.7. The van der Waals surface area contributed by atoms with E-state index < -0.39 is 17.1 Å². The highest BCUT2D eigenvalue weighted by atomic mass is 32.2. The molecule has 0 aliphatic heterocycles. The number of fused-ring (bicyclic) bond motifs is 1. The fourth-order valence-corrected chi connectivity index (χ4v) is 8.50. The van der Waals surface area contributed by atoms with Crippen molar-refractivity contribution in [2.24, 2.45) is 0 Å². The molecule has 3 N–H and O–H groups in total. The molecule has 1 heterocycles. The van der Waals surface area contributed by atoms with Crippen molar-refractivity contribution in [3.05, 3.63) is 148 Å². The molecule has 2 unspecified atom stereocenters. The highest BCUT2D eigenvalue weighted by molar-refractivity contribution is 8.00. The number of carbonyl (C=O) groups excluding carboxylic acids is 3. The number of benzene rings is 4. The standard InChI is InChI=1S/C42H38N4O4S2/c1-3-37(41(49)46-42-34(26-43)33-22-21-29(24-38(33)52-42)27-13-6-4-7-14-27)51-32-19-12-18-31(25-32)44-40(48)35(23-30-17-10-11-20-36(30)50-2)45-39(47)28-15-8-5-9-16-28/h4-20,23,25,29,37H,3,21-22,24H2,1-2H3,(H,44,48)(H,45,47)(H,46,49)/b35-23+. The Bertz CT molecular complexity index is 2140. The Morgan fingerprint density at radius 3 is 2.42 bits per heavy atom. The minimum atomic E-state index is -0.526. The Labute approximate surface area is 311 Å². The maximum absolute atomic E-state index is 13.7. The van der Waals surface area contributed by atoms with Crippen LogP contribution in [0.4, 0.5) is 10.7 Å². The van der Waals surface area contributed by atoms with Gasteiger partial charge >= 0.3 is 0 Å². The van der Waals surface area contributed by atoms with Crippen LogP contribution in [0.15, 0.2) is 120 Å². The predicted octanol–water partition coefficient (Wildman–Crippen LogP) is 8.82. The molecule has 262 valence electrons. The molecular formula is C42H38N4O4S2. The molecule has 0 spiro atoms. The van der Waals surface area contributed by atoms with E-state index in [9.17, 15) is 19.6 Å². The van der Waals surface area contributed by atoms with Gasteiger partial charge in [-0.25, -0.2) is 0 Å². The second kappa shape index (κ2) is 17.1. The van der Waals surface area contributed by atoms with Gasteiger partial charge in [0, 0.05) is 26.6 Å². The van der Waals surface area contributed by atoms with E-state index in [4.69, 9.17) is 4.74 Å². The first-order valence-electron chi connectivity index (χ1n) is 17.1. The number of methoxy groups -OCH3 is 1. The quantitative estimate of drug-likeness (QED) is 0.0873. The van der Waals surface area contributed by atoms with E-state index >= 15 is 0 Å². The molecule has 0 saturated carbocycles. The molecule has 1 aromatic heterocycles. The number of hydrogen-bond acceptors (Lipinski definition) is 7. The lowest BCUT2D eigenvalue weighted by Crippen LogP contribution is -2.30. The van der Waals surface area contributed by atoms with Gasteiger partial charge in [0.15, 0.2) is 0 Å². The Balaban J connectivity index is 1.16. The number of ether oxygens (including phenoxy) is 1. The van der Waals surface area contributed by atoms with Crippen molar-refractivity contribution in [2.75, 3.05) is 17.7 Å². The predicted molar refractivity (Wildman–Crippen MR) is 209 cm³/mol. The molecule has 4 aromatic carbocycles. The summed E-state index contributed by atoms with van der Waals surface area (Å²) in [5.74, 6) is -0.197. The van der Waals surface area contributed by atoms with Gasteiger partial charge in [-0.05, 0) is 85.2 Å². The molecular weight excluding hydrogens is 689 g/mol. The number of anilines is 2. The third-order valence-corrected chi connectivity index (χ3v) is 11.4. The Hall–Kier alpha value is -5.63. The number of amides is 3. The number of thiophene rings is 1. The lowest BCUT2D eigenvalue weighted by Gasteiger charge is -2.22. The van der Waals surface area contributed by atoms with Crippen LogP contribution in [0.2, 0.25) is 0 Å². The number of rotatable bonds is 12. The van der Waals surface area contributed by atoms with Crippen molar-refractivity contribution in [1.82, 2.24) is 5.32 Å². The van der Waals surface area contributed by atoms with Crippen molar-refractivity contribution in [3.8, 4) is 11.8 Å². The SMILES string of the molecule is CCC(Sc1cccc(NC(=O)/C(=C\c2ccccc2OC)NC(=O)c2ccccc2)c1)C(=O)Nc1sc2c(c1C#N)CCC(c1ccccc1)C2. The Kier molecular flexibility index (Phi) is 11.9. The van der Waals surface area contributed by atoms with Gasteiger partial charge in [0.25, 0.3) is 11.8 Å². The fraction of sp³-hybridized carbons (Fsp3) is 0.190. The fourth-order valence-electron chi connectivity index (χ4n) is 6.21. The third kappa shape index (κ3) is 8.62. The van der Waals surface area contributed by atoms with E-state index in [1.165, 1.54) is 28.7 Å². The van der Waals surface area contributed by atoms with Crippen LogP contribution in [0.3, 0.4) is 0 Å². The number of nitriles is 1. The zero-order valence-electron chi connectivity index (χ0n) is 28.8. The minimum Gasteiger partial charge on any atom is -0.496 e. The summed E-state index contributed by atoms with van der Waals surface area (Å²) < 4.78 is 5.47. The molecule has 5 aromatic rings. The molecule has 0 radical (unpaired) electrons. The van der Waals surface area contributed by atoms with Gasteiger partial charge in [-0.3, -0.25) is 14.4 Å². The molecule has 0 fully saturated rings. The Morgan fingerprint density at radius 2 is 1.69 bits per heavy atom. The van der Waals surface area contributed by atoms with Crippen molar-refractivity contribution in [2.45, 2.75) is 48.7 Å². The average Bonchev–Trinajstić information content (AvgIpc) is 3.53. The minimum absolute atomic E-state index is 0.0317. The molecule has 10 heteroatoms. The van der Waals surface area contributed by atoms with E-state index in [1.54, 1.807) is 67.8 Å². The molecule has 2 atom stereocenters. The van der Waals surface area contributed by atoms with Crippen LogP contribution < -0.4 is 20.7 Å². The lowest BCUT2D eigenvalue weighted by atomic mass is 9.83. The highest BCUT2D eigenvalue weighted by Gasteiger charge is 2.28. The van der Waals surface area contributed by atoms with Crippen LogP contribution in [0.5, 0.6) is 5.75 Å². The van der Waals surface area contributed by atoms with E-state index in [-0.39, 0.29) is 11.6 Å². The maximum Gasteiger partial charge on any atom is 0.272 e. The van der Waals surface area contributed by atoms with Crippen molar-refractivity contribution >= 4 is 57.6 Å². The van der Waals surface area contributed by atoms with Gasteiger partial charge in [-0.1, -0.05) is 79.7 Å². The topological polar surface area (TPSA) is 120 Å². The first-order chi connectivity index (χ1) is 25.4.